The molecule has 0 atom stereocenters. The van der Waals surface area contributed by atoms with Crippen LogP contribution in [-0.4, -0.2) is 29.8 Å². The molecule has 3 rings (SSSR count). The van der Waals surface area contributed by atoms with Crippen molar-refractivity contribution in [2.24, 2.45) is 0 Å². The molecule has 9 heteroatoms. The smallest absolute Gasteiger partial charge is 0.387 e. The van der Waals surface area contributed by atoms with E-state index in [9.17, 15) is 13.6 Å². The van der Waals surface area contributed by atoms with Crippen molar-refractivity contribution in [3.63, 3.8) is 0 Å². The first-order valence-corrected chi connectivity index (χ1v) is 7.85. The van der Waals surface area contributed by atoms with Gasteiger partial charge in [0.15, 0.2) is 5.82 Å². The van der Waals surface area contributed by atoms with Gasteiger partial charge in [-0.1, -0.05) is 5.16 Å². The minimum Gasteiger partial charge on any atom is -0.497 e. The molecule has 0 radical (unpaired) electrons. The Morgan fingerprint density at radius 1 is 1.11 bits per heavy atom. The molecular weight excluding hydrogens is 360 g/mol. The van der Waals surface area contributed by atoms with Gasteiger partial charge in [0.2, 0.25) is 0 Å². The maximum atomic E-state index is 12.1. The van der Waals surface area contributed by atoms with Gasteiger partial charge in [-0.2, -0.15) is 13.8 Å². The van der Waals surface area contributed by atoms with E-state index in [1.165, 1.54) is 24.3 Å². The van der Waals surface area contributed by atoms with E-state index in [2.05, 4.69) is 20.2 Å². The number of alkyl halides is 2. The van der Waals surface area contributed by atoms with E-state index >= 15 is 0 Å². The summed E-state index contributed by atoms with van der Waals surface area (Å²) in [6.45, 7) is -2.86. The standard InChI is InChI=1S/C18H15F2N3O4/c1-25-13-6-4-12(5-7-13)17-22-15(23-27-17)10-21-16(24)11-2-8-14(9-3-11)26-18(19)20/h2-9,18H,10H2,1H3,(H,21,24). The zero-order chi connectivity index (χ0) is 19.2. The second kappa shape index (κ2) is 8.26. The summed E-state index contributed by atoms with van der Waals surface area (Å²) in [6, 6.07) is 12.4. The molecule has 0 bridgehead atoms. The molecule has 0 unspecified atom stereocenters. The number of halogens is 2. The fourth-order valence-corrected chi connectivity index (χ4v) is 2.23. The predicted octanol–water partition coefficient (Wildman–Crippen LogP) is 3.28. The second-order valence-electron chi connectivity index (χ2n) is 5.33. The molecule has 0 spiro atoms. The van der Waals surface area contributed by atoms with Crippen molar-refractivity contribution >= 4 is 5.91 Å². The molecule has 1 aromatic heterocycles. The lowest BCUT2D eigenvalue weighted by atomic mass is 10.2. The van der Waals surface area contributed by atoms with Crippen molar-refractivity contribution in [1.82, 2.24) is 15.5 Å². The first-order valence-electron chi connectivity index (χ1n) is 7.85. The Bertz CT molecular complexity index is 896. The molecule has 0 saturated heterocycles. The van der Waals surface area contributed by atoms with Crippen LogP contribution in [0.5, 0.6) is 11.5 Å². The highest BCUT2D eigenvalue weighted by atomic mass is 19.3. The Balaban J connectivity index is 1.58. The minimum atomic E-state index is -2.91. The summed E-state index contributed by atoms with van der Waals surface area (Å²) in [4.78, 5) is 16.3. The molecule has 3 aromatic rings. The third kappa shape index (κ3) is 4.78. The first-order chi connectivity index (χ1) is 13.0. The van der Waals surface area contributed by atoms with Gasteiger partial charge in [-0.3, -0.25) is 4.79 Å². The van der Waals surface area contributed by atoms with Crippen molar-refractivity contribution in [3.05, 3.63) is 59.9 Å². The number of hydrogen-bond donors (Lipinski definition) is 1. The Morgan fingerprint density at radius 2 is 1.78 bits per heavy atom. The van der Waals surface area contributed by atoms with E-state index in [1.54, 1.807) is 31.4 Å². The van der Waals surface area contributed by atoms with Crippen molar-refractivity contribution in [2.75, 3.05) is 7.11 Å². The summed E-state index contributed by atoms with van der Waals surface area (Å²) in [7, 11) is 1.57. The zero-order valence-corrected chi connectivity index (χ0v) is 14.2. The Labute approximate surface area is 152 Å². The van der Waals surface area contributed by atoms with E-state index in [0.717, 1.165) is 5.56 Å². The number of carbonyl (C=O) groups is 1. The highest BCUT2D eigenvalue weighted by Crippen LogP contribution is 2.20. The van der Waals surface area contributed by atoms with Crippen molar-refractivity contribution in [2.45, 2.75) is 13.2 Å². The molecular formula is C18H15F2N3O4. The number of nitrogens with one attached hydrogen (secondary N) is 1. The summed E-state index contributed by atoms with van der Waals surface area (Å²) in [6.07, 6.45) is 0. The second-order valence-corrected chi connectivity index (χ2v) is 5.33. The lowest BCUT2D eigenvalue weighted by Crippen LogP contribution is -2.23. The molecule has 0 aliphatic carbocycles. The minimum absolute atomic E-state index is 0.0242. The topological polar surface area (TPSA) is 86.5 Å². The fourth-order valence-electron chi connectivity index (χ4n) is 2.23. The fraction of sp³-hybridized carbons (Fsp3) is 0.167. The largest absolute Gasteiger partial charge is 0.497 e. The molecule has 1 N–H and O–H groups in total. The van der Waals surface area contributed by atoms with Gasteiger partial charge in [-0.25, -0.2) is 0 Å². The van der Waals surface area contributed by atoms with E-state index in [-0.39, 0.29) is 17.9 Å². The Hall–Kier alpha value is -3.49. The van der Waals surface area contributed by atoms with Crippen LogP contribution in [0.15, 0.2) is 53.1 Å². The molecule has 27 heavy (non-hydrogen) atoms. The highest BCUT2D eigenvalue weighted by molar-refractivity contribution is 5.94. The van der Waals surface area contributed by atoms with Gasteiger partial charge in [0.1, 0.15) is 11.5 Å². The average Bonchev–Trinajstić information content (AvgIpc) is 3.15. The molecule has 1 amide bonds. The molecule has 0 aliphatic rings. The van der Waals surface area contributed by atoms with Gasteiger partial charge < -0.3 is 19.3 Å². The summed E-state index contributed by atoms with van der Waals surface area (Å²) in [5.74, 6) is 0.885. The van der Waals surface area contributed by atoms with Crippen molar-refractivity contribution in [3.8, 4) is 23.0 Å². The third-order valence-corrected chi connectivity index (χ3v) is 3.55. The molecule has 0 aliphatic heterocycles. The number of aromatic nitrogens is 2. The van der Waals surface area contributed by atoms with Crippen molar-refractivity contribution in [1.29, 1.82) is 0 Å². The molecule has 140 valence electrons. The van der Waals surface area contributed by atoms with Crippen molar-refractivity contribution < 1.29 is 27.6 Å². The molecule has 7 nitrogen and oxygen atoms in total. The van der Waals surface area contributed by atoms with Gasteiger partial charge in [-0.05, 0) is 48.5 Å². The van der Waals surface area contributed by atoms with Crippen LogP contribution in [0.4, 0.5) is 8.78 Å². The number of hydrogen-bond acceptors (Lipinski definition) is 6. The van der Waals surface area contributed by atoms with Crippen LogP contribution in [0.25, 0.3) is 11.5 Å². The summed E-state index contributed by atoms with van der Waals surface area (Å²) in [5.41, 5.74) is 1.01. The maximum absolute atomic E-state index is 12.1. The molecule has 1 heterocycles. The van der Waals surface area contributed by atoms with Crippen LogP contribution >= 0.6 is 0 Å². The van der Waals surface area contributed by atoms with Crippen LogP contribution in [-0.2, 0) is 6.54 Å². The maximum Gasteiger partial charge on any atom is 0.387 e. The summed E-state index contributed by atoms with van der Waals surface area (Å²) in [5, 5.41) is 6.44. The van der Waals surface area contributed by atoms with Crippen LogP contribution in [0.3, 0.4) is 0 Å². The number of amides is 1. The van der Waals surface area contributed by atoms with Gasteiger partial charge >= 0.3 is 6.61 Å². The third-order valence-electron chi connectivity index (χ3n) is 3.55. The lowest BCUT2D eigenvalue weighted by Gasteiger charge is -2.06. The number of rotatable bonds is 7. The SMILES string of the molecule is COc1ccc(-c2nc(CNC(=O)c3ccc(OC(F)F)cc3)no2)cc1. The van der Waals surface area contributed by atoms with Gasteiger partial charge in [0, 0.05) is 11.1 Å². The quantitative estimate of drug-likeness (QED) is 0.682. The zero-order valence-electron chi connectivity index (χ0n) is 14.2. The molecule has 0 fully saturated rings. The summed E-state index contributed by atoms with van der Waals surface area (Å²) >= 11 is 0. The first kappa shape index (κ1) is 18.3. The van der Waals surface area contributed by atoms with Crippen LogP contribution in [0.1, 0.15) is 16.2 Å². The number of methoxy groups -OCH3 is 1. The van der Waals surface area contributed by atoms with E-state index in [0.29, 0.717) is 17.5 Å². The number of benzene rings is 2. The van der Waals surface area contributed by atoms with E-state index in [4.69, 9.17) is 9.26 Å². The van der Waals surface area contributed by atoms with Gasteiger partial charge in [-0.15, -0.1) is 0 Å². The predicted molar refractivity (Wildman–Crippen MR) is 90.5 cm³/mol. The van der Waals surface area contributed by atoms with Crippen LogP contribution in [0, 0.1) is 0 Å². The summed E-state index contributed by atoms with van der Waals surface area (Å²) < 4.78 is 38.7. The number of carbonyl (C=O) groups excluding carboxylic acids is 1. The van der Waals surface area contributed by atoms with Crippen LogP contribution < -0.4 is 14.8 Å². The number of ether oxygens (including phenoxy) is 2. The van der Waals surface area contributed by atoms with E-state index < -0.39 is 12.5 Å². The van der Waals surface area contributed by atoms with E-state index in [1.807, 2.05) is 0 Å². The molecule has 2 aromatic carbocycles. The Morgan fingerprint density at radius 3 is 2.41 bits per heavy atom. The van der Waals surface area contributed by atoms with Gasteiger partial charge in [0.25, 0.3) is 11.8 Å². The Kier molecular flexibility index (Phi) is 5.60. The molecule has 0 saturated carbocycles. The van der Waals surface area contributed by atoms with Gasteiger partial charge in [0.05, 0.1) is 13.7 Å². The average molecular weight is 375 g/mol. The highest BCUT2D eigenvalue weighted by Gasteiger charge is 2.12. The normalized spacial score (nSPS) is 10.7. The lowest BCUT2D eigenvalue weighted by molar-refractivity contribution is -0.0498. The monoisotopic (exact) mass is 375 g/mol. The van der Waals surface area contributed by atoms with Crippen LogP contribution in [0.2, 0.25) is 0 Å². The number of nitrogens with zero attached hydrogens (tertiary/aromatic N) is 2.